The first kappa shape index (κ1) is 20.5. The van der Waals surface area contributed by atoms with Crippen LogP contribution in [0.4, 0.5) is 4.39 Å². The molecule has 2 N–H and O–H groups in total. The first-order valence-corrected chi connectivity index (χ1v) is 10.5. The molecule has 30 heavy (non-hydrogen) atoms. The van der Waals surface area contributed by atoms with Gasteiger partial charge in [-0.2, -0.15) is 0 Å². The third-order valence-electron chi connectivity index (χ3n) is 5.63. The monoisotopic (exact) mass is 424 g/mol. The number of aliphatic hydroxyl groups is 1. The summed E-state index contributed by atoms with van der Waals surface area (Å²) in [6.07, 6.45) is 2.42. The number of aliphatic hydroxyl groups excluding tert-OH is 1. The second-order valence-corrected chi connectivity index (χ2v) is 7.92. The molecule has 4 rings (SSSR count). The van der Waals surface area contributed by atoms with E-state index < -0.39 is 0 Å². The van der Waals surface area contributed by atoms with Gasteiger partial charge < -0.3 is 19.9 Å². The third-order valence-corrected chi connectivity index (χ3v) is 5.98. The summed E-state index contributed by atoms with van der Waals surface area (Å²) in [5.74, 6) is -0.253. The van der Waals surface area contributed by atoms with Crippen molar-refractivity contribution in [1.29, 1.82) is 0 Å². The average Bonchev–Trinajstić information content (AvgIpc) is 3.23. The van der Waals surface area contributed by atoms with Crippen LogP contribution >= 0.6 is 12.2 Å². The number of halogens is 1. The van der Waals surface area contributed by atoms with E-state index in [2.05, 4.69) is 32.8 Å². The number of rotatable bonds is 6. The van der Waals surface area contributed by atoms with E-state index in [9.17, 15) is 9.50 Å². The first-order valence-electron chi connectivity index (χ1n) is 10.0. The third kappa shape index (κ3) is 3.70. The summed E-state index contributed by atoms with van der Waals surface area (Å²) in [5, 5.41) is 13.5. The second kappa shape index (κ2) is 8.53. The van der Waals surface area contributed by atoms with Gasteiger partial charge in [-0.05, 0) is 80.5 Å². The molecule has 5 nitrogen and oxygen atoms in total. The molecule has 3 heterocycles. The molecular formula is C23H25FN4OS. The lowest BCUT2D eigenvalue weighted by molar-refractivity contribution is 0.247. The van der Waals surface area contributed by atoms with Crippen LogP contribution in [0.15, 0.2) is 54.7 Å². The Labute approximate surface area is 181 Å². The van der Waals surface area contributed by atoms with E-state index in [0.29, 0.717) is 18.1 Å². The molecule has 156 valence electrons. The van der Waals surface area contributed by atoms with Gasteiger partial charge in [-0.3, -0.25) is 4.98 Å². The molecule has 1 aromatic carbocycles. The summed E-state index contributed by atoms with van der Waals surface area (Å²) < 4.78 is 15.6. The number of benzene rings is 1. The predicted molar refractivity (Wildman–Crippen MR) is 119 cm³/mol. The van der Waals surface area contributed by atoms with Crippen LogP contribution in [0.1, 0.15) is 41.1 Å². The van der Waals surface area contributed by atoms with E-state index in [-0.39, 0.29) is 24.5 Å². The molecule has 0 amide bonds. The number of pyridine rings is 1. The van der Waals surface area contributed by atoms with Gasteiger partial charge in [0.15, 0.2) is 5.11 Å². The van der Waals surface area contributed by atoms with Crippen LogP contribution in [0.3, 0.4) is 0 Å². The lowest BCUT2D eigenvalue weighted by Crippen LogP contribution is -2.31. The average molecular weight is 425 g/mol. The molecule has 1 fully saturated rings. The van der Waals surface area contributed by atoms with Crippen LogP contribution in [-0.2, 0) is 0 Å². The van der Waals surface area contributed by atoms with E-state index in [1.54, 1.807) is 18.3 Å². The number of aryl methyl sites for hydroxylation is 1. The number of nitrogens with zero attached hydrogens (tertiary/aromatic N) is 3. The maximum absolute atomic E-state index is 13.4. The Morgan fingerprint density at radius 3 is 2.60 bits per heavy atom. The quantitative estimate of drug-likeness (QED) is 0.586. The second-order valence-electron chi connectivity index (χ2n) is 7.54. The molecule has 0 bridgehead atoms. The van der Waals surface area contributed by atoms with E-state index in [1.807, 2.05) is 25.1 Å². The van der Waals surface area contributed by atoms with Crippen LogP contribution in [0.25, 0.3) is 5.69 Å². The molecule has 0 spiro atoms. The van der Waals surface area contributed by atoms with Crippen molar-refractivity contribution in [2.24, 2.45) is 0 Å². The Kier molecular flexibility index (Phi) is 5.83. The smallest absolute Gasteiger partial charge is 0.170 e. The summed E-state index contributed by atoms with van der Waals surface area (Å²) in [7, 11) is 0. The maximum Gasteiger partial charge on any atom is 0.170 e. The zero-order valence-electron chi connectivity index (χ0n) is 17.0. The Bertz CT molecular complexity index is 1040. The van der Waals surface area contributed by atoms with Crippen molar-refractivity contribution in [2.75, 3.05) is 13.2 Å². The molecule has 1 aliphatic rings. The number of hydrogen-bond donors (Lipinski definition) is 2. The highest BCUT2D eigenvalue weighted by Crippen LogP contribution is 2.41. The molecule has 3 aromatic rings. The van der Waals surface area contributed by atoms with Crippen molar-refractivity contribution >= 4 is 17.3 Å². The summed E-state index contributed by atoms with van der Waals surface area (Å²) in [4.78, 5) is 6.71. The minimum Gasteiger partial charge on any atom is -0.396 e. The van der Waals surface area contributed by atoms with E-state index in [0.717, 1.165) is 28.3 Å². The SMILES string of the molecule is Cc1cc([C@H]2[C@H](c3ccccn3)NC(=S)N2CCCO)c(C)n1-c1ccc(F)cc1. The zero-order chi connectivity index (χ0) is 21.3. The molecule has 0 unspecified atom stereocenters. The Hall–Kier alpha value is -2.77. The van der Waals surface area contributed by atoms with Gasteiger partial charge >= 0.3 is 0 Å². The lowest BCUT2D eigenvalue weighted by atomic mass is 9.96. The Morgan fingerprint density at radius 1 is 1.17 bits per heavy atom. The van der Waals surface area contributed by atoms with Crippen LogP contribution in [0.2, 0.25) is 0 Å². The maximum atomic E-state index is 13.4. The van der Waals surface area contributed by atoms with Crippen LogP contribution in [-0.4, -0.2) is 37.8 Å². The normalized spacial score (nSPS) is 18.7. The minimum atomic E-state index is -0.253. The molecule has 2 aromatic heterocycles. The standard InChI is InChI=1S/C23H25FN4OS/c1-15-14-19(16(2)28(15)18-9-7-17(24)8-10-18)22-21(20-6-3-4-11-25-20)26-23(30)27(22)12-5-13-29/h3-4,6-11,14,21-22,29H,5,12-13H2,1-2H3,(H,26,30)/t21-,22-/m0/s1. The van der Waals surface area contributed by atoms with Gasteiger partial charge in [-0.1, -0.05) is 6.07 Å². The van der Waals surface area contributed by atoms with Crippen LogP contribution < -0.4 is 5.32 Å². The Balaban J connectivity index is 1.81. The molecule has 2 atom stereocenters. The molecule has 0 saturated carbocycles. The van der Waals surface area contributed by atoms with Gasteiger partial charge in [-0.25, -0.2) is 4.39 Å². The summed E-state index contributed by atoms with van der Waals surface area (Å²) in [6.45, 7) is 4.88. The van der Waals surface area contributed by atoms with Crippen molar-refractivity contribution < 1.29 is 9.50 Å². The highest BCUT2D eigenvalue weighted by atomic mass is 32.1. The summed E-state index contributed by atoms with van der Waals surface area (Å²) in [6, 6.07) is 14.4. The van der Waals surface area contributed by atoms with Crippen molar-refractivity contribution in [3.8, 4) is 5.69 Å². The topological polar surface area (TPSA) is 53.3 Å². The lowest BCUT2D eigenvalue weighted by Gasteiger charge is -2.28. The number of aromatic nitrogens is 2. The predicted octanol–water partition coefficient (Wildman–Crippen LogP) is 3.98. The number of nitrogens with one attached hydrogen (secondary N) is 1. The molecule has 0 aliphatic carbocycles. The van der Waals surface area contributed by atoms with E-state index >= 15 is 0 Å². The van der Waals surface area contributed by atoms with Crippen molar-refractivity contribution in [3.63, 3.8) is 0 Å². The van der Waals surface area contributed by atoms with Gasteiger partial charge in [0.1, 0.15) is 5.82 Å². The molecular weight excluding hydrogens is 399 g/mol. The molecule has 0 radical (unpaired) electrons. The zero-order valence-corrected chi connectivity index (χ0v) is 17.9. The van der Waals surface area contributed by atoms with Crippen molar-refractivity contribution in [2.45, 2.75) is 32.4 Å². The highest BCUT2D eigenvalue weighted by molar-refractivity contribution is 7.80. The fraction of sp³-hybridized carbons (Fsp3) is 0.304. The van der Waals surface area contributed by atoms with Gasteiger partial charge in [0.05, 0.1) is 17.8 Å². The van der Waals surface area contributed by atoms with Crippen molar-refractivity contribution in [1.82, 2.24) is 19.8 Å². The fourth-order valence-corrected chi connectivity index (χ4v) is 4.63. The molecule has 7 heteroatoms. The van der Waals surface area contributed by atoms with E-state index in [1.165, 1.54) is 12.1 Å². The molecule has 1 saturated heterocycles. The van der Waals surface area contributed by atoms with Crippen LogP contribution in [0, 0.1) is 19.7 Å². The van der Waals surface area contributed by atoms with Gasteiger partial charge in [0, 0.05) is 36.4 Å². The molecule has 1 aliphatic heterocycles. The summed E-state index contributed by atoms with van der Waals surface area (Å²) >= 11 is 5.66. The Morgan fingerprint density at radius 2 is 1.93 bits per heavy atom. The largest absolute Gasteiger partial charge is 0.396 e. The van der Waals surface area contributed by atoms with Gasteiger partial charge in [0.25, 0.3) is 0 Å². The summed E-state index contributed by atoms with van der Waals surface area (Å²) in [5.41, 5.74) is 5.11. The van der Waals surface area contributed by atoms with Gasteiger partial charge in [-0.15, -0.1) is 0 Å². The van der Waals surface area contributed by atoms with Crippen molar-refractivity contribution in [3.05, 3.63) is 83.2 Å². The fourth-order valence-electron chi connectivity index (χ4n) is 4.30. The highest BCUT2D eigenvalue weighted by Gasteiger charge is 2.41. The van der Waals surface area contributed by atoms with E-state index in [4.69, 9.17) is 12.2 Å². The number of thiocarbonyl (C=S) groups is 1. The minimum absolute atomic E-state index is 0.0562. The first-order chi connectivity index (χ1) is 14.5. The number of hydrogen-bond acceptors (Lipinski definition) is 3. The van der Waals surface area contributed by atoms with Crippen LogP contribution in [0.5, 0.6) is 0 Å². The van der Waals surface area contributed by atoms with Gasteiger partial charge in [0.2, 0.25) is 0 Å².